The third-order valence-corrected chi connectivity index (χ3v) is 4.06. The molecule has 0 aromatic rings. The van der Waals surface area contributed by atoms with Gasteiger partial charge in [-0.1, -0.05) is 27.7 Å². The molecule has 0 amide bonds. The van der Waals surface area contributed by atoms with Gasteiger partial charge >= 0.3 is 0 Å². The summed E-state index contributed by atoms with van der Waals surface area (Å²) in [7, 11) is -2.85. The zero-order valence-corrected chi connectivity index (χ0v) is 11.4. The van der Waals surface area contributed by atoms with Gasteiger partial charge in [0.05, 0.1) is 5.75 Å². The van der Waals surface area contributed by atoms with E-state index in [9.17, 15) is 8.42 Å². The van der Waals surface area contributed by atoms with E-state index in [4.69, 9.17) is 0 Å². The monoisotopic (exact) mass is 235 g/mol. The summed E-state index contributed by atoms with van der Waals surface area (Å²) in [6, 6.07) is 0.280. The number of hydrogen-bond donors (Lipinski definition) is 1. The fourth-order valence-electron chi connectivity index (χ4n) is 1.59. The minimum absolute atomic E-state index is 0.153. The molecular formula is C11H25NO2S. The highest BCUT2D eigenvalue weighted by Crippen LogP contribution is 2.27. The van der Waals surface area contributed by atoms with Crippen molar-refractivity contribution in [1.82, 2.24) is 5.32 Å². The summed E-state index contributed by atoms with van der Waals surface area (Å²) in [6.07, 6.45) is 3.05. The standard InChI is InChI=1S/C11H25NO2S/c1-6-11(3,4)10(12-7-2)8-9-15(5,13)14/h10,12H,6-9H2,1-5H3. The molecule has 3 nitrogen and oxygen atoms in total. The van der Waals surface area contributed by atoms with Crippen LogP contribution in [-0.4, -0.2) is 33.0 Å². The van der Waals surface area contributed by atoms with Crippen LogP contribution in [0.3, 0.4) is 0 Å². The van der Waals surface area contributed by atoms with Gasteiger partial charge in [-0.25, -0.2) is 8.42 Å². The van der Waals surface area contributed by atoms with Crippen molar-refractivity contribution in [1.29, 1.82) is 0 Å². The van der Waals surface area contributed by atoms with Crippen LogP contribution in [0, 0.1) is 5.41 Å². The van der Waals surface area contributed by atoms with Crippen molar-refractivity contribution in [3.8, 4) is 0 Å². The molecule has 0 aliphatic carbocycles. The maximum absolute atomic E-state index is 11.1. The molecule has 0 aromatic heterocycles. The lowest BCUT2D eigenvalue weighted by Gasteiger charge is -2.34. The van der Waals surface area contributed by atoms with Gasteiger partial charge in [-0.05, 0) is 24.8 Å². The Morgan fingerprint density at radius 2 is 1.80 bits per heavy atom. The van der Waals surface area contributed by atoms with Crippen molar-refractivity contribution in [2.45, 2.75) is 46.6 Å². The third kappa shape index (κ3) is 6.15. The van der Waals surface area contributed by atoms with Crippen LogP contribution in [0.1, 0.15) is 40.5 Å². The Balaban J connectivity index is 4.41. The molecule has 0 spiro atoms. The quantitative estimate of drug-likeness (QED) is 0.732. The molecule has 4 heteroatoms. The van der Waals surface area contributed by atoms with Gasteiger partial charge in [0.2, 0.25) is 0 Å². The molecule has 0 fully saturated rings. The minimum atomic E-state index is -2.85. The highest BCUT2D eigenvalue weighted by atomic mass is 32.2. The molecule has 1 unspecified atom stereocenters. The number of hydrogen-bond acceptors (Lipinski definition) is 3. The van der Waals surface area contributed by atoms with E-state index in [1.807, 2.05) is 0 Å². The first kappa shape index (κ1) is 14.9. The fraction of sp³-hybridized carbons (Fsp3) is 1.00. The maximum atomic E-state index is 11.1. The lowest BCUT2D eigenvalue weighted by atomic mass is 9.80. The SMILES string of the molecule is CCNC(CCS(C)(=O)=O)C(C)(C)CC. The van der Waals surface area contributed by atoms with Crippen molar-refractivity contribution in [3.05, 3.63) is 0 Å². The highest BCUT2D eigenvalue weighted by molar-refractivity contribution is 7.90. The third-order valence-electron chi connectivity index (χ3n) is 3.08. The molecule has 0 saturated carbocycles. The number of nitrogens with one attached hydrogen (secondary N) is 1. The van der Waals surface area contributed by atoms with Crippen LogP contribution in [0.15, 0.2) is 0 Å². The Morgan fingerprint density at radius 1 is 1.27 bits per heavy atom. The van der Waals surface area contributed by atoms with Gasteiger partial charge < -0.3 is 5.32 Å². The van der Waals surface area contributed by atoms with Gasteiger partial charge in [0.1, 0.15) is 9.84 Å². The second-order valence-electron chi connectivity index (χ2n) is 4.87. The summed E-state index contributed by atoms with van der Waals surface area (Å²) < 4.78 is 22.3. The Morgan fingerprint density at radius 3 is 2.13 bits per heavy atom. The van der Waals surface area contributed by atoms with E-state index in [-0.39, 0.29) is 17.2 Å². The topological polar surface area (TPSA) is 46.2 Å². The van der Waals surface area contributed by atoms with E-state index in [2.05, 4.69) is 33.0 Å². The average molecular weight is 235 g/mol. The predicted molar refractivity (Wildman–Crippen MR) is 65.9 cm³/mol. The van der Waals surface area contributed by atoms with E-state index in [0.29, 0.717) is 6.42 Å². The average Bonchev–Trinajstić information content (AvgIpc) is 2.10. The second kappa shape index (κ2) is 5.85. The molecule has 0 aromatic carbocycles. The smallest absolute Gasteiger partial charge is 0.147 e. The Bertz CT molecular complexity index is 270. The first-order valence-electron chi connectivity index (χ1n) is 5.64. The van der Waals surface area contributed by atoms with E-state index in [1.54, 1.807) is 0 Å². The summed E-state index contributed by atoms with van der Waals surface area (Å²) in [4.78, 5) is 0. The zero-order valence-electron chi connectivity index (χ0n) is 10.6. The molecule has 0 radical (unpaired) electrons. The van der Waals surface area contributed by atoms with Gasteiger partial charge in [0.25, 0.3) is 0 Å². The van der Waals surface area contributed by atoms with Gasteiger partial charge in [-0.3, -0.25) is 0 Å². The normalized spacial score (nSPS) is 15.3. The fourth-order valence-corrected chi connectivity index (χ4v) is 2.26. The maximum Gasteiger partial charge on any atom is 0.147 e. The molecule has 0 aliphatic rings. The highest BCUT2D eigenvalue weighted by Gasteiger charge is 2.27. The van der Waals surface area contributed by atoms with Crippen molar-refractivity contribution in [3.63, 3.8) is 0 Å². The predicted octanol–water partition coefficient (Wildman–Crippen LogP) is 1.84. The summed E-state index contributed by atoms with van der Waals surface area (Å²) in [5, 5.41) is 3.38. The van der Waals surface area contributed by atoms with Gasteiger partial charge in [-0.2, -0.15) is 0 Å². The summed E-state index contributed by atoms with van der Waals surface area (Å²) in [6.45, 7) is 9.45. The van der Waals surface area contributed by atoms with Crippen LogP contribution in [0.5, 0.6) is 0 Å². The minimum Gasteiger partial charge on any atom is -0.314 e. The van der Waals surface area contributed by atoms with Crippen molar-refractivity contribution >= 4 is 9.84 Å². The van der Waals surface area contributed by atoms with E-state index >= 15 is 0 Å². The van der Waals surface area contributed by atoms with Crippen molar-refractivity contribution < 1.29 is 8.42 Å². The first-order valence-corrected chi connectivity index (χ1v) is 7.70. The molecule has 1 N–H and O–H groups in total. The second-order valence-corrected chi connectivity index (χ2v) is 7.13. The number of sulfone groups is 1. The molecular weight excluding hydrogens is 210 g/mol. The molecule has 92 valence electrons. The van der Waals surface area contributed by atoms with Crippen LogP contribution in [0.2, 0.25) is 0 Å². The van der Waals surface area contributed by atoms with Crippen LogP contribution in [0.25, 0.3) is 0 Å². The first-order chi connectivity index (χ1) is 6.73. The van der Waals surface area contributed by atoms with Crippen molar-refractivity contribution in [2.75, 3.05) is 18.6 Å². The Hall–Kier alpha value is -0.0900. The lowest BCUT2D eigenvalue weighted by molar-refractivity contribution is 0.229. The molecule has 0 bridgehead atoms. The van der Waals surface area contributed by atoms with E-state index < -0.39 is 9.84 Å². The van der Waals surface area contributed by atoms with E-state index in [1.165, 1.54) is 6.26 Å². The van der Waals surface area contributed by atoms with Crippen LogP contribution in [-0.2, 0) is 9.84 Å². The molecule has 1 atom stereocenters. The van der Waals surface area contributed by atoms with Gasteiger partial charge in [0.15, 0.2) is 0 Å². The molecule has 0 saturated heterocycles. The molecule has 0 heterocycles. The lowest BCUT2D eigenvalue weighted by Crippen LogP contribution is -2.42. The zero-order chi connectivity index (χ0) is 12.1. The van der Waals surface area contributed by atoms with Crippen LogP contribution in [0.4, 0.5) is 0 Å². The molecule has 0 rings (SSSR count). The van der Waals surface area contributed by atoms with Crippen LogP contribution < -0.4 is 5.32 Å². The number of rotatable bonds is 7. The molecule has 15 heavy (non-hydrogen) atoms. The Kier molecular flexibility index (Phi) is 5.81. The summed E-state index contributed by atoms with van der Waals surface area (Å²) in [5.41, 5.74) is 0.153. The van der Waals surface area contributed by atoms with Crippen molar-refractivity contribution in [2.24, 2.45) is 5.41 Å². The summed E-state index contributed by atoms with van der Waals surface area (Å²) >= 11 is 0. The molecule has 0 aliphatic heterocycles. The summed E-state index contributed by atoms with van der Waals surface area (Å²) in [5.74, 6) is 0.272. The Labute approximate surface area is 94.6 Å². The largest absolute Gasteiger partial charge is 0.314 e. The van der Waals surface area contributed by atoms with Crippen LogP contribution >= 0.6 is 0 Å². The van der Waals surface area contributed by atoms with Gasteiger partial charge in [0, 0.05) is 12.3 Å². The van der Waals surface area contributed by atoms with E-state index in [0.717, 1.165) is 13.0 Å². The van der Waals surface area contributed by atoms with Gasteiger partial charge in [-0.15, -0.1) is 0 Å².